The van der Waals surface area contributed by atoms with Crippen LogP contribution in [0.3, 0.4) is 0 Å². The van der Waals surface area contributed by atoms with Crippen molar-refractivity contribution in [1.29, 1.82) is 0 Å². The summed E-state index contributed by atoms with van der Waals surface area (Å²) in [7, 11) is 0. The van der Waals surface area contributed by atoms with Gasteiger partial charge in [-0.05, 0) is 47.8 Å². The van der Waals surface area contributed by atoms with E-state index in [-0.39, 0.29) is 4.75 Å². The zero-order chi connectivity index (χ0) is 12.2. The van der Waals surface area contributed by atoms with Crippen molar-refractivity contribution in [2.45, 2.75) is 24.5 Å². The fourth-order valence-electron chi connectivity index (χ4n) is 3.51. The minimum absolute atomic E-state index is 0.262. The molecule has 0 amide bonds. The van der Waals surface area contributed by atoms with Gasteiger partial charge in [0.2, 0.25) is 0 Å². The van der Waals surface area contributed by atoms with Gasteiger partial charge < -0.3 is 0 Å². The maximum Gasteiger partial charge on any atom is 0.0669 e. The normalized spacial score (nSPS) is 24.3. The summed E-state index contributed by atoms with van der Waals surface area (Å²) in [5.41, 5.74) is 7.42. The minimum Gasteiger partial charge on any atom is -0.145 e. The first kappa shape index (κ1) is 10.7. The van der Waals surface area contributed by atoms with Crippen LogP contribution in [0.2, 0.25) is 0 Å². The Balaban J connectivity index is 2.08. The van der Waals surface area contributed by atoms with Gasteiger partial charge in [-0.1, -0.05) is 48.0 Å². The van der Waals surface area contributed by atoms with Gasteiger partial charge in [-0.25, -0.2) is 0 Å². The average molecular weight is 252 g/mol. The zero-order valence-corrected chi connectivity index (χ0v) is 11.4. The van der Waals surface area contributed by atoms with Crippen molar-refractivity contribution in [1.82, 2.24) is 0 Å². The van der Waals surface area contributed by atoms with Crippen LogP contribution in [0.4, 0.5) is 0 Å². The topological polar surface area (TPSA) is 0 Å². The first-order valence-corrected chi connectivity index (χ1v) is 7.65. The van der Waals surface area contributed by atoms with E-state index in [0.29, 0.717) is 0 Å². The Labute approximate surface area is 112 Å². The lowest BCUT2D eigenvalue weighted by Gasteiger charge is -2.25. The van der Waals surface area contributed by atoms with E-state index < -0.39 is 0 Å². The Bertz CT molecular complexity index is 621. The molecule has 1 aliphatic carbocycles. The number of rotatable bonds is 0. The molecule has 1 heteroatoms. The van der Waals surface area contributed by atoms with Gasteiger partial charge in [-0.2, -0.15) is 0 Å². The molecule has 18 heavy (non-hydrogen) atoms. The monoisotopic (exact) mass is 252 g/mol. The largest absolute Gasteiger partial charge is 0.145 e. The average Bonchev–Trinajstić information content (AvgIpc) is 2.98. The van der Waals surface area contributed by atoms with Crippen molar-refractivity contribution in [3.63, 3.8) is 0 Å². The van der Waals surface area contributed by atoms with Crippen LogP contribution in [-0.2, 0) is 4.75 Å². The summed E-state index contributed by atoms with van der Waals surface area (Å²) in [4.78, 5) is 0. The summed E-state index contributed by atoms with van der Waals surface area (Å²) in [6.07, 6.45) is 2.64. The molecule has 90 valence electrons. The first-order valence-electron chi connectivity index (χ1n) is 6.66. The second-order valence-corrected chi connectivity index (χ2v) is 6.77. The van der Waals surface area contributed by atoms with Crippen molar-refractivity contribution >= 4 is 11.8 Å². The SMILES string of the molecule is Cc1ccc2c(c1)C1(CCCS1)c1ccccc1-2. The number of aryl methyl sites for hydroxylation is 1. The van der Waals surface area contributed by atoms with Crippen LogP contribution >= 0.6 is 11.8 Å². The molecule has 0 saturated carbocycles. The summed E-state index contributed by atoms with van der Waals surface area (Å²) in [5, 5.41) is 0. The molecule has 2 aliphatic rings. The predicted octanol–water partition coefficient (Wildman–Crippen LogP) is 4.75. The van der Waals surface area contributed by atoms with Crippen molar-refractivity contribution in [2.24, 2.45) is 0 Å². The molecule has 2 aromatic rings. The van der Waals surface area contributed by atoms with Gasteiger partial charge in [0.15, 0.2) is 0 Å². The van der Waals surface area contributed by atoms with Crippen LogP contribution in [0, 0.1) is 6.92 Å². The molecule has 1 fully saturated rings. The fraction of sp³-hybridized carbons (Fsp3) is 0.294. The van der Waals surface area contributed by atoms with E-state index in [0.717, 1.165) is 0 Å². The van der Waals surface area contributed by atoms with Crippen LogP contribution in [0.5, 0.6) is 0 Å². The molecule has 1 heterocycles. The van der Waals surface area contributed by atoms with Crippen molar-refractivity contribution in [2.75, 3.05) is 5.75 Å². The molecule has 0 nitrogen and oxygen atoms in total. The number of benzene rings is 2. The zero-order valence-electron chi connectivity index (χ0n) is 10.6. The lowest BCUT2D eigenvalue weighted by atomic mass is 9.91. The van der Waals surface area contributed by atoms with Crippen molar-refractivity contribution in [3.8, 4) is 11.1 Å². The van der Waals surface area contributed by atoms with Gasteiger partial charge in [-0.15, -0.1) is 11.8 Å². The molecule has 0 N–H and O–H groups in total. The van der Waals surface area contributed by atoms with Crippen LogP contribution in [0.25, 0.3) is 11.1 Å². The number of hydrogen-bond acceptors (Lipinski definition) is 1. The van der Waals surface area contributed by atoms with Gasteiger partial charge in [0.1, 0.15) is 0 Å². The van der Waals surface area contributed by atoms with E-state index >= 15 is 0 Å². The minimum atomic E-state index is 0.262. The van der Waals surface area contributed by atoms with E-state index in [2.05, 4.69) is 61.2 Å². The van der Waals surface area contributed by atoms with Gasteiger partial charge in [-0.3, -0.25) is 0 Å². The lowest BCUT2D eigenvalue weighted by Crippen LogP contribution is -2.16. The molecule has 1 spiro atoms. The summed E-state index contributed by atoms with van der Waals surface area (Å²) in [5.74, 6) is 1.29. The third kappa shape index (κ3) is 1.23. The summed E-state index contributed by atoms with van der Waals surface area (Å²) in [6, 6.07) is 16.0. The first-order chi connectivity index (χ1) is 8.81. The van der Waals surface area contributed by atoms with Gasteiger partial charge in [0.25, 0.3) is 0 Å². The molecular formula is C17H16S. The van der Waals surface area contributed by atoms with Gasteiger partial charge in [0, 0.05) is 0 Å². The summed E-state index contributed by atoms with van der Waals surface area (Å²) in [6.45, 7) is 2.20. The van der Waals surface area contributed by atoms with E-state index in [9.17, 15) is 0 Å². The standard InChI is InChI=1S/C17H16S/c1-12-7-8-14-13-5-2-3-6-15(13)17(16(14)11-12)9-4-10-18-17/h2-3,5-8,11H,4,9-10H2,1H3. The van der Waals surface area contributed by atoms with Gasteiger partial charge in [0.05, 0.1) is 4.75 Å². The Morgan fingerprint density at radius 3 is 2.67 bits per heavy atom. The maximum absolute atomic E-state index is 2.41. The Morgan fingerprint density at radius 1 is 1.00 bits per heavy atom. The Morgan fingerprint density at radius 2 is 1.83 bits per heavy atom. The highest BCUT2D eigenvalue weighted by Gasteiger charge is 2.45. The fourth-order valence-corrected chi connectivity index (χ4v) is 5.09. The molecule has 0 bridgehead atoms. The van der Waals surface area contributed by atoms with E-state index in [1.807, 2.05) is 0 Å². The molecule has 0 aromatic heterocycles. The molecule has 1 atom stereocenters. The second kappa shape index (κ2) is 3.64. The van der Waals surface area contributed by atoms with E-state index in [1.54, 1.807) is 11.1 Å². The second-order valence-electron chi connectivity index (χ2n) is 5.37. The number of hydrogen-bond donors (Lipinski definition) is 0. The molecule has 1 aliphatic heterocycles. The molecule has 1 saturated heterocycles. The highest BCUT2D eigenvalue weighted by atomic mass is 32.2. The van der Waals surface area contributed by atoms with Crippen LogP contribution < -0.4 is 0 Å². The molecular weight excluding hydrogens is 236 g/mol. The summed E-state index contributed by atoms with van der Waals surface area (Å²) < 4.78 is 0.262. The highest BCUT2D eigenvalue weighted by molar-refractivity contribution is 8.00. The smallest absolute Gasteiger partial charge is 0.0669 e. The number of fused-ring (bicyclic) bond motifs is 5. The van der Waals surface area contributed by atoms with Crippen LogP contribution in [0.15, 0.2) is 42.5 Å². The Kier molecular flexibility index (Phi) is 2.16. The van der Waals surface area contributed by atoms with Crippen LogP contribution in [0.1, 0.15) is 29.5 Å². The van der Waals surface area contributed by atoms with Crippen molar-refractivity contribution in [3.05, 3.63) is 59.2 Å². The third-order valence-electron chi connectivity index (χ3n) is 4.28. The lowest BCUT2D eigenvalue weighted by molar-refractivity contribution is 0.700. The quantitative estimate of drug-likeness (QED) is 0.652. The van der Waals surface area contributed by atoms with E-state index in [1.165, 1.54) is 35.3 Å². The van der Waals surface area contributed by atoms with Crippen LogP contribution in [-0.4, -0.2) is 5.75 Å². The summed E-state index contributed by atoms with van der Waals surface area (Å²) >= 11 is 2.15. The van der Waals surface area contributed by atoms with Gasteiger partial charge >= 0.3 is 0 Å². The Hall–Kier alpha value is -1.21. The number of thioether (sulfide) groups is 1. The highest BCUT2D eigenvalue weighted by Crippen LogP contribution is 2.60. The van der Waals surface area contributed by atoms with E-state index in [4.69, 9.17) is 0 Å². The molecule has 2 aromatic carbocycles. The third-order valence-corrected chi connectivity index (χ3v) is 5.91. The maximum atomic E-state index is 2.41. The molecule has 4 rings (SSSR count). The molecule has 0 radical (unpaired) electrons. The van der Waals surface area contributed by atoms with Crippen molar-refractivity contribution < 1.29 is 0 Å². The predicted molar refractivity (Wildman–Crippen MR) is 79.1 cm³/mol. The molecule has 1 unspecified atom stereocenters.